The minimum Gasteiger partial charge on any atom is -0.242 e. The molecule has 0 radical (unpaired) electrons. The van der Waals surface area contributed by atoms with Crippen LogP contribution < -0.4 is 0 Å². The highest BCUT2D eigenvalue weighted by Crippen LogP contribution is 2.38. The third-order valence-electron chi connectivity index (χ3n) is 6.10. The summed E-state index contributed by atoms with van der Waals surface area (Å²) in [5.41, 5.74) is 9.19. The predicted molar refractivity (Wildman–Crippen MR) is 161 cm³/mol. The van der Waals surface area contributed by atoms with Gasteiger partial charge in [0.15, 0.2) is 0 Å². The second kappa shape index (κ2) is 8.29. The highest BCUT2D eigenvalue weighted by atomic mass is 79.9. The predicted octanol–water partition coefficient (Wildman–Crippen LogP) is 9.10. The molecular weight excluding hydrogens is 784 g/mol. The lowest BCUT2D eigenvalue weighted by molar-refractivity contribution is 1.31. The van der Waals surface area contributed by atoms with E-state index in [9.17, 15) is 0 Å². The van der Waals surface area contributed by atoms with Gasteiger partial charge in [-0.3, -0.25) is 0 Å². The van der Waals surface area contributed by atoms with Crippen LogP contribution in [-0.2, 0) is 0 Å². The Kier molecular flexibility index (Phi) is 5.35. The maximum absolute atomic E-state index is 5.08. The molecular formula is C25H9Br5N6. The van der Waals surface area contributed by atoms with Crippen LogP contribution in [-0.4, -0.2) is 29.9 Å². The van der Waals surface area contributed by atoms with E-state index in [2.05, 4.69) is 79.6 Å². The van der Waals surface area contributed by atoms with Gasteiger partial charge in [0, 0.05) is 22.4 Å². The normalized spacial score (nSPS) is 12.2. The molecule has 4 aromatic carbocycles. The van der Waals surface area contributed by atoms with Crippen LogP contribution in [0.1, 0.15) is 5.56 Å². The average Bonchev–Trinajstić information content (AvgIpc) is 2.89. The third-order valence-corrected chi connectivity index (χ3v) is 9.30. The molecule has 0 saturated carbocycles. The monoisotopic (exact) mass is 788 g/mol. The number of nitrogens with zero attached hydrogens (tertiary/aromatic N) is 6. The van der Waals surface area contributed by atoms with E-state index in [4.69, 9.17) is 29.9 Å². The van der Waals surface area contributed by atoms with Crippen LogP contribution in [0.25, 0.3) is 66.2 Å². The van der Waals surface area contributed by atoms with Crippen LogP contribution in [0.4, 0.5) is 0 Å². The molecule has 0 spiro atoms. The highest BCUT2D eigenvalue weighted by Gasteiger charge is 2.21. The molecule has 36 heavy (non-hydrogen) atoms. The van der Waals surface area contributed by atoms with E-state index in [1.165, 1.54) is 0 Å². The molecule has 7 aromatic rings. The second-order valence-corrected chi connectivity index (χ2v) is 12.5. The van der Waals surface area contributed by atoms with Crippen LogP contribution in [0.15, 0.2) is 58.8 Å². The number of aryl methyl sites for hydroxylation is 1. The van der Waals surface area contributed by atoms with Crippen molar-refractivity contribution in [3.63, 3.8) is 0 Å². The summed E-state index contributed by atoms with van der Waals surface area (Å²) in [5, 5.41) is 0. The van der Waals surface area contributed by atoms with E-state index in [-0.39, 0.29) is 0 Å². The molecule has 11 heteroatoms. The first kappa shape index (κ1) is 23.2. The zero-order chi connectivity index (χ0) is 24.9. The third kappa shape index (κ3) is 3.29. The summed E-state index contributed by atoms with van der Waals surface area (Å²) in [7, 11) is 0. The molecule has 6 nitrogen and oxygen atoms in total. The van der Waals surface area contributed by atoms with E-state index in [0.29, 0.717) is 33.1 Å². The average molecular weight is 793 g/mol. The number of hydrogen-bond donors (Lipinski definition) is 0. The number of benzene rings is 4. The lowest BCUT2D eigenvalue weighted by atomic mass is 10.1. The van der Waals surface area contributed by atoms with Gasteiger partial charge in [-0.15, -0.1) is 0 Å². The lowest BCUT2D eigenvalue weighted by Gasteiger charge is -2.13. The smallest absolute Gasteiger partial charge is 0.120 e. The quantitative estimate of drug-likeness (QED) is 0.113. The Morgan fingerprint density at radius 2 is 0.556 bits per heavy atom. The molecule has 0 atom stereocenters. The van der Waals surface area contributed by atoms with Gasteiger partial charge in [0.1, 0.15) is 60.7 Å². The molecule has 0 amide bonds. The highest BCUT2D eigenvalue weighted by molar-refractivity contribution is 9.11. The fourth-order valence-electron chi connectivity index (χ4n) is 4.37. The van der Waals surface area contributed by atoms with Gasteiger partial charge >= 0.3 is 0 Å². The lowest BCUT2D eigenvalue weighted by Crippen LogP contribution is -2.00. The Bertz CT molecular complexity index is 1710. The SMILES string of the molecule is Cc1ccc(Br)c2nc3c(nc12)c1nc2c(Br)ccc(Br)c2nc1c1nc2c(Br)ccc(Br)c2nc31. The zero-order valence-corrected chi connectivity index (χ0v) is 26.0. The summed E-state index contributed by atoms with van der Waals surface area (Å²) in [6.45, 7) is 2.02. The molecule has 0 bridgehead atoms. The first-order chi connectivity index (χ1) is 17.3. The van der Waals surface area contributed by atoms with Crippen molar-refractivity contribution >= 4 is 146 Å². The van der Waals surface area contributed by atoms with Gasteiger partial charge < -0.3 is 0 Å². The van der Waals surface area contributed by atoms with E-state index in [1.54, 1.807) is 0 Å². The van der Waals surface area contributed by atoms with Crippen molar-refractivity contribution in [2.24, 2.45) is 0 Å². The zero-order valence-electron chi connectivity index (χ0n) is 18.0. The van der Waals surface area contributed by atoms with Gasteiger partial charge in [0.25, 0.3) is 0 Å². The number of aromatic nitrogens is 6. The Labute approximate surface area is 245 Å². The maximum Gasteiger partial charge on any atom is 0.120 e. The van der Waals surface area contributed by atoms with Crippen molar-refractivity contribution < 1.29 is 0 Å². The largest absolute Gasteiger partial charge is 0.242 e. The van der Waals surface area contributed by atoms with Crippen molar-refractivity contribution in [3.8, 4) is 0 Å². The van der Waals surface area contributed by atoms with E-state index in [0.717, 1.165) is 61.0 Å². The van der Waals surface area contributed by atoms with Crippen molar-refractivity contribution in [3.05, 3.63) is 64.3 Å². The van der Waals surface area contributed by atoms with Gasteiger partial charge in [-0.1, -0.05) is 6.07 Å². The fourth-order valence-corrected chi connectivity index (χ4v) is 6.41. The first-order valence-electron chi connectivity index (χ1n) is 10.6. The van der Waals surface area contributed by atoms with Gasteiger partial charge in [0.05, 0.1) is 5.52 Å². The van der Waals surface area contributed by atoms with Crippen LogP contribution in [0.3, 0.4) is 0 Å². The maximum atomic E-state index is 5.08. The molecule has 3 aromatic heterocycles. The molecule has 0 aliphatic heterocycles. The summed E-state index contributed by atoms with van der Waals surface area (Å²) in [4.78, 5) is 30.4. The van der Waals surface area contributed by atoms with Gasteiger partial charge in [-0.05, 0) is 122 Å². The molecule has 0 aliphatic carbocycles. The van der Waals surface area contributed by atoms with Gasteiger partial charge in [0.2, 0.25) is 0 Å². The summed E-state index contributed by atoms with van der Waals surface area (Å²) in [5.74, 6) is 0. The second-order valence-electron chi connectivity index (χ2n) is 8.28. The molecule has 3 heterocycles. The minimum atomic E-state index is 0.613. The standard InChI is InChI=1S/C25H9Br5N6/c1-8-2-3-9(26)15-14(8)31-20-21(32-15)23-25(36-19-13(30)7-6-12(29)18(19)34-23)24-22(20)33-16-10(27)4-5-11(28)17(16)35-24/h2-7H,1H3. The first-order valence-corrected chi connectivity index (χ1v) is 14.6. The van der Waals surface area contributed by atoms with Crippen LogP contribution in [0, 0.1) is 6.92 Å². The summed E-state index contributed by atoms with van der Waals surface area (Å²) >= 11 is 18.2. The van der Waals surface area contributed by atoms with Crippen molar-refractivity contribution in [2.45, 2.75) is 6.92 Å². The Balaban J connectivity index is 1.84. The van der Waals surface area contributed by atoms with Crippen molar-refractivity contribution in [1.29, 1.82) is 0 Å². The molecule has 7 rings (SSSR count). The van der Waals surface area contributed by atoms with Crippen LogP contribution >= 0.6 is 79.6 Å². The summed E-state index contributed by atoms with van der Waals surface area (Å²) < 4.78 is 4.21. The van der Waals surface area contributed by atoms with Gasteiger partial charge in [-0.25, -0.2) is 29.9 Å². The number of rotatable bonds is 0. The Hall–Kier alpha value is -1.92. The van der Waals surface area contributed by atoms with Crippen molar-refractivity contribution in [1.82, 2.24) is 29.9 Å². The minimum absolute atomic E-state index is 0.613. The van der Waals surface area contributed by atoms with Crippen LogP contribution in [0.5, 0.6) is 0 Å². The molecule has 174 valence electrons. The Morgan fingerprint density at radius 1 is 0.333 bits per heavy atom. The van der Waals surface area contributed by atoms with Gasteiger partial charge in [-0.2, -0.15) is 0 Å². The van der Waals surface area contributed by atoms with E-state index < -0.39 is 0 Å². The summed E-state index contributed by atoms with van der Waals surface area (Å²) in [6.07, 6.45) is 0. The van der Waals surface area contributed by atoms with E-state index in [1.807, 2.05) is 43.3 Å². The van der Waals surface area contributed by atoms with E-state index >= 15 is 0 Å². The Morgan fingerprint density at radius 3 is 0.861 bits per heavy atom. The molecule has 0 aliphatic rings. The fraction of sp³-hybridized carbons (Fsp3) is 0.0400. The number of fused-ring (bicyclic) bond motifs is 9. The summed E-state index contributed by atoms with van der Waals surface area (Å²) in [6, 6.07) is 11.8. The molecule has 0 saturated heterocycles. The number of halogens is 5. The number of hydrogen-bond acceptors (Lipinski definition) is 6. The van der Waals surface area contributed by atoms with Crippen LogP contribution in [0.2, 0.25) is 0 Å². The molecule has 0 N–H and O–H groups in total. The van der Waals surface area contributed by atoms with Crippen molar-refractivity contribution in [2.75, 3.05) is 0 Å². The molecule has 0 unspecified atom stereocenters. The topological polar surface area (TPSA) is 77.3 Å². The molecule has 0 fully saturated rings.